The van der Waals surface area contributed by atoms with E-state index in [0.29, 0.717) is 6.42 Å². The molecule has 0 aliphatic carbocycles. The largest absolute Gasteiger partial charge is 0.326 e. The second kappa shape index (κ2) is 6.68. The molecule has 0 saturated carbocycles. The van der Waals surface area contributed by atoms with Gasteiger partial charge in [0.05, 0.1) is 0 Å². The average molecular weight is 278 g/mol. The van der Waals surface area contributed by atoms with Gasteiger partial charge in [0.1, 0.15) is 5.82 Å². The van der Waals surface area contributed by atoms with Gasteiger partial charge in [-0.15, -0.1) is 0 Å². The minimum absolute atomic E-state index is 0.0390. The van der Waals surface area contributed by atoms with Crippen molar-refractivity contribution in [3.05, 3.63) is 35.6 Å². The minimum atomic E-state index is -0.139. The first kappa shape index (κ1) is 15.5. The molecule has 1 aliphatic heterocycles. The monoisotopic (exact) mass is 278 g/mol. The third-order valence-electron chi connectivity index (χ3n) is 4.99. The number of hydrogen-bond donors (Lipinski definition) is 1. The molecule has 0 aromatic heterocycles. The van der Waals surface area contributed by atoms with Crippen molar-refractivity contribution in [2.45, 2.75) is 57.5 Å². The number of rotatable bonds is 5. The van der Waals surface area contributed by atoms with Gasteiger partial charge in [0, 0.05) is 11.6 Å². The standard InChI is InChI=1S/C17H27FN2/c1-3-17(2,20-11-7-4-8-12-20)16(19)13-14-9-5-6-10-15(14)18/h5-6,9-10,16H,3-4,7-8,11-13,19H2,1-2H3. The molecule has 1 fully saturated rings. The maximum Gasteiger partial charge on any atom is 0.126 e. The second-order valence-corrected chi connectivity index (χ2v) is 6.16. The zero-order valence-corrected chi connectivity index (χ0v) is 12.7. The summed E-state index contributed by atoms with van der Waals surface area (Å²) in [5, 5.41) is 0. The Balaban J connectivity index is 2.11. The van der Waals surface area contributed by atoms with Crippen LogP contribution < -0.4 is 5.73 Å². The van der Waals surface area contributed by atoms with Crippen LogP contribution in [0.1, 0.15) is 45.1 Å². The maximum absolute atomic E-state index is 13.8. The second-order valence-electron chi connectivity index (χ2n) is 6.16. The van der Waals surface area contributed by atoms with E-state index in [1.165, 1.54) is 25.3 Å². The van der Waals surface area contributed by atoms with E-state index >= 15 is 0 Å². The summed E-state index contributed by atoms with van der Waals surface area (Å²) in [7, 11) is 0. The van der Waals surface area contributed by atoms with Gasteiger partial charge in [0.2, 0.25) is 0 Å². The topological polar surface area (TPSA) is 29.3 Å². The molecule has 112 valence electrons. The van der Waals surface area contributed by atoms with Gasteiger partial charge in [0.25, 0.3) is 0 Å². The quantitative estimate of drug-likeness (QED) is 0.895. The number of benzene rings is 1. The van der Waals surface area contributed by atoms with Gasteiger partial charge in [-0.25, -0.2) is 4.39 Å². The fourth-order valence-corrected chi connectivity index (χ4v) is 3.25. The molecule has 3 heteroatoms. The van der Waals surface area contributed by atoms with Crippen molar-refractivity contribution in [2.24, 2.45) is 5.73 Å². The van der Waals surface area contributed by atoms with Crippen molar-refractivity contribution in [2.75, 3.05) is 13.1 Å². The highest BCUT2D eigenvalue weighted by molar-refractivity contribution is 5.19. The number of nitrogens with two attached hydrogens (primary N) is 1. The smallest absolute Gasteiger partial charge is 0.126 e. The Labute approximate surface area is 122 Å². The molecule has 1 aliphatic rings. The summed E-state index contributed by atoms with van der Waals surface area (Å²) in [5.74, 6) is -0.139. The van der Waals surface area contributed by atoms with E-state index in [9.17, 15) is 4.39 Å². The van der Waals surface area contributed by atoms with Crippen LogP contribution in [0, 0.1) is 5.82 Å². The highest BCUT2D eigenvalue weighted by Gasteiger charge is 2.36. The Hall–Kier alpha value is -0.930. The highest BCUT2D eigenvalue weighted by Crippen LogP contribution is 2.28. The first-order valence-electron chi connectivity index (χ1n) is 7.82. The molecule has 2 nitrogen and oxygen atoms in total. The Morgan fingerprint density at radius 2 is 1.90 bits per heavy atom. The number of halogens is 1. The van der Waals surface area contributed by atoms with E-state index < -0.39 is 0 Å². The van der Waals surface area contributed by atoms with E-state index in [1.807, 2.05) is 12.1 Å². The van der Waals surface area contributed by atoms with Crippen molar-refractivity contribution in [1.82, 2.24) is 4.90 Å². The molecule has 1 heterocycles. The van der Waals surface area contributed by atoms with Crippen LogP contribution in [0.2, 0.25) is 0 Å². The van der Waals surface area contributed by atoms with Crippen LogP contribution in [0.3, 0.4) is 0 Å². The number of hydrogen-bond acceptors (Lipinski definition) is 2. The van der Waals surface area contributed by atoms with Gasteiger partial charge in [-0.3, -0.25) is 4.90 Å². The molecule has 0 amide bonds. The molecule has 20 heavy (non-hydrogen) atoms. The normalized spacial score (nSPS) is 21.4. The predicted octanol–water partition coefficient (Wildman–Crippen LogP) is 3.35. The number of piperidine rings is 1. The summed E-state index contributed by atoms with van der Waals surface area (Å²) < 4.78 is 13.8. The highest BCUT2D eigenvalue weighted by atomic mass is 19.1. The lowest BCUT2D eigenvalue weighted by Gasteiger charge is -2.47. The fraction of sp³-hybridized carbons (Fsp3) is 0.647. The average Bonchev–Trinajstić information content (AvgIpc) is 2.49. The molecule has 2 rings (SSSR count). The molecule has 2 N–H and O–H groups in total. The lowest BCUT2D eigenvalue weighted by Crippen LogP contribution is -2.59. The molecule has 1 aromatic carbocycles. The lowest BCUT2D eigenvalue weighted by atomic mass is 9.83. The Bertz CT molecular complexity index is 429. The molecule has 2 atom stereocenters. The van der Waals surface area contributed by atoms with Gasteiger partial charge < -0.3 is 5.73 Å². The van der Waals surface area contributed by atoms with E-state index in [-0.39, 0.29) is 17.4 Å². The van der Waals surface area contributed by atoms with Gasteiger partial charge in [0.15, 0.2) is 0 Å². The van der Waals surface area contributed by atoms with Crippen LogP contribution in [0.15, 0.2) is 24.3 Å². The molecule has 2 unspecified atom stereocenters. The summed E-state index contributed by atoms with van der Waals surface area (Å²) in [6.07, 6.45) is 5.43. The van der Waals surface area contributed by atoms with Gasteiger partial charge in [-0.2, -0.15) is 0 Å². The van der Waals surface area contributed by atoms with Crippen molar-refractivity contribution < 1.29 is 4.39 Å². The molecule has 0 radical (unpaired) electrons. The Morgan fingerprint density at radius 1 is 1.25 bits per heavy atom. The third-order valence-corrected chi connectivity index (χ3v) is 4.99. The van der Waals surface area contributed by atoms with Crippen LogP contribution >= 0.6 is 0 Å². The van der Waals surface area contributed by atoms with E-state index in [4.69, 9.17) is 5.73 Å². The molecular formula is C17H27FN2. The van der Waals surface area contributed by atoms with Crippen molar-refractivity contribution >= 4 is 0 Å². The van der Waals surface area contributed by atoms with Gasteiger partial charge >= 0.3 is 0 Å². The molecule has 0 bridgehead atoms. The van der Waals surface area contributed by atoms with E-state index in [0.717, 1.165) is 25.1 Å². The van der Waals surface area contributed by atoms with Crippen LogP contribution in [0.25, 0.3) is 0 Å². The number of likely N-dealkylation sites (tertiary alicyclic amines) is 1. The molecule has 0 spiro atoms. The summed E-state index contributed by atoms with van der Waals surface area (Å²) in [5.41, 5.74) is 7.18. The SMILES string of the molecule is CCC(C)(C(N)Cc1ccccc1F)N1CCCCC1. The number of nitrogens with zero attached hydrogens (tertiary/aromatic N) is 1. The van der Waals surface area contributed by atoms with Crippen LogP contribution in [0.5, 0.6) is 0 Å². The first-order chi connectivity index (χ1) is 9.58. The lowest BCUT2D eigenvalue weighted by molar-refractivity contribution is 0.0544. The van der Waals surface area contributed by atoms with E-state index in [1.54, 1.807) is 6.07 Å². The van der Waals surface area contributed by atoms with Crippen LogP contribution in [-0.2, 0) is 6.42 Å². The van der Waals surface area contributed by atoms with Crippen molar-refractivity contribution in [3.8, 4) is 0 Å². The summed E-state index contributed by atoms with van der Waals surface area (Å²) >= 11 is 0. The van der Waals surface area contributed by atoms with Crippen LogP contribution in [-0.4, -0.2) is 29.6 Å². The summed E-state index contributed by atoms with van der Waals surface area (Å²) in [6, 6.07) is 6.94. The maximum atomic E-state index is 13.8. The zero-order chi connectivity index (χ0) is 14.6. The van der Waals surface area contributed by atoms with Gasteiger partial charge in [-0.05, 0) is 57.3 Å². The van der Waals surface area contributed by atoms with Gasteiger partial charge in [-0.1, -0.05) is 31.5 Å². The zero-order valence-electron chi connectivity index (χ0n) is 12.7. The van der Waals surface area contributed by atoms with Crippen molar-refractivity contribution in [3.63, 3.8) is 0 Å². The van der Waals surface area contributed by atoms with E-state index in [2.05, 4.69) is 18.7 Å². The Kier molecular flexibility index (Phi) is 5.17. The Morgan fingerprint density at radius 3 is 2.50 bits per heavy atom. The summed E-state index contributed by atoms with van der Waals surface area (Å²) in [4.78, 5) is 2.52. The molecule has 1 saturated heterocycles. The fourth-order valence-electron chi connectivity index (χ4n) is 3.25. The first-order valence-corrected chi connectivity index (χ1v) is 7.82. The third kappa shape index (κ3) is 3.21. The molecular weight excluding hydrogens is 251 g/mol. The predicted molar refractivity (Wildman–Crippen MR) is 82.2 cm³/mol. The minimum Gasteiger partial charge on any atom is -0.326 e. The van der Waals surface area contributed by atoms with Crippen LogP contribution in [0.4, 0.5) is 4.39 Å². The van der Waals surface area contributed by atoms with Crippen molar-refractivity contribution in [1.29, 1.82) is 0 Å². The summed E-state index contributed by atoms with van der Waals surface area (Å²) in [6.45, 7) is 6.67. The molecule has 1 aromatic rings.